The number of hydrogen-bond acceptors (Lipinski definition) is 3. The van der Waals surface area contributed by atoms with Crippen molar-refractivity contribution in [2.45, 2.75) is 13.0 Å². The minimum atomic E-state index is -0.584. The van der Waals surface area contributed by atoms with Crippen molar-refractivity contribution in [2.24, 2.45) is 5.73 Å². The Morgan fingerprint density at radius 1 is 1.43 bits per heavy atom. The van der Waals surface area contributed by atoms with E-state index in [9.17, 15) is 4.79 Å². The molecule has 0 spiro atoms. The van der Waals surface area contributed by atoms with E-state index in [0.717, 1.165) is 3.57 Å². The number of esters is 1. The van der Waals surface area contributed by atoms with E-state index in [1.165, 1.54) is 0 Å². The highest BCUT2D eigenvalue weighted by Gasteiger charge is 2.09. The van der Waals surface area contributed by atoms with Gasteiger partial charge in [0.1, 0.15) is 11.8 Å². The predicted octanol–water partition coefficient (Wildman–Crippen LogP) is 1.97. The van der Waals surface area contributed by atoms with Crippen molar-refractivity contribution in [1.29, 1.82) is 0 Å². The monoisotopic (exact) mass is 327 g/mol. The van der Waals surface area contributed by atoms with Gasteiger partial charge in [-0.1, -0.05) is 0 Å². The predicted molar refractivity (Wildman–Crippen MR) is 65.7 cm³/mol. The van der Waals surface area contributed by atoms with Crippen LogP contribution in [0.25, 0.3) is 0 Å². The molecule has 5 heteroatoms. The molecule has 1 rings (SSSR count). The summed E-state index contributed by atoms with van der Waals surface area (Å²) >= 11 is 2.18. The van der Waals surface area contributed by atoms with Crippen LogP contribution in [0.5, 0.6) is 5.75 Å². The third-order valence-electron chi connectivity index (χ3n) is 1.40. The number of ether oxygens (including phenoxy) is 1. The number of benzene rings is 1. The fourth-order valence-corrected chi connectivity index (χ4v) is 1.07. The third kappa shape index (κ3) is 4.26. The molecular weight excluding hydrogens is 316 g/mol. The van der Waals surface area contributed by atoms with E-state index in [1.54, 1.807) is 19.1 Å². The molecule has 0 aliphatic heterocycles. The van der Waals surface area contributed by atoms with E-state index in [2.05, 4.69) is 22.6 Å². The maximum Gasteiger partial charge on any atom is 0.328 e. The van der Waals surface area contributed by atoms with Crippen LogP contribution >= 0.6 is 35.0 Å². The molecule has 0 bridgehead atoms. The normalized spacial score (nSPS) is 11.4. The molecule has 0 saturated heterocycles. The number of halogens is 2. The molecule has 3 nitrogen and oxygen atoms in total. The molecule has 0 aliphatic carbocycles. The Morgan fingerprint density at radius 3 is 2.36 bits per heavy atom. The second kappa shape index (κ2) is 6.21. The van der Waals surface area contributed by atoms with E-state index in [-0.39, 0.29) is 12.4 Å². The SMILES string of the molecule is C[C@H](N)C(=O)Oc1ccc(I)cc1.Cl. The van der Waals surface area contributed by atoms with Crippen LogP contribution < -0.4 is 10.5 Å². The van der Waals surface area contributed by atoms with Crippen molar-refractivity contribution < 1.29 is 9.53 Å². The first-order valence-electron chi connectivity index (χ1n) is 3.82. The lowest BCUT2D eigenvalue weighted by molar-refractivity contribution is -0.135. The molecule has 78 valence electrons. The van der Waals surface area contributed by atoms with Crippen LogP contribution in [0.2, 0.25) is 0 Å². The Balaban J connectivity index is 0.00000169. The zero-order valence-electron chi connectivity index (χ0n) is 7.57. The first kappa shape index (κ1) is 13.7. The highest BCUT2D eigenvalue weighted by atomic mass is 127. The Morgan fingerprint density at radius 2 is 1.93 bits per heavy atom. The quantitative estimate of drug-likeness (QED) is 0.513. The van der Waals surface area contributed by atoms with E-state index in [4.69, 9.17) is 10.5 Å². The Kier molecular flexibility index (Phi) is 6.06. The second-order valence-corrected chi connectivity index (χ2v) is 3.91. The van der Waals surface area contributed by atoms with Crippen LogP contribution in [0.15, 0.2) is 24.3 Å². The summed E-state index contributed by atoms with van der Waals surface area (Å²) in [5, 5.41) is 0. The van der Waals surface area contributed by atoms with Gasteiger partial charge in [0, 0.05) is 3.57 Å². The zero-order chi connectivity index (χ0) is 9.84. The van der Waals surface area contributed by atoms with Gasteiger partial charge in [0.2, 0.25) is 0 Å². The smallest absolute Gasteiger partial charge is 0.328 e. The highest BCUT2D eigenvalue weighted by Crippen LogP contribution is 2.13. The van der Waals surface area contributed by atoms with Crippen LogP contribution in [-0.2, 0) is 4.79 Å². The fourth-order valence-electron chi connectivity index (χ4n) is 0.712. The summed E-state index contributed by atoms with van der Waals surface area (Å²) in [7, 11) is 0. The minimum Gasteiger partial charge on any atom is -0.425 e. The second-order valence-electron chi connectivity index (χ2n) is 2.66. The van der Waals surface area contributed by atoms with Gasteiger partial charge in [0.15, 0.2) is 0 Å². The average Bonchev–Trinajstić information content (AvgIpc) is 2.08. The molecule has 0 fully saturated rings. The zero-order valence-corrected chi connectivity index (χ0v) is 10.5. The van der Waals surface area contributed by atoms with Crippen LogP contribution in [0.3, 0.4) is 0 Å². The van der Waals surface area contributed by atoms with E-state index < -0.39 is 12.0 Å². The van der Waals surface area contributed by atoms with Gasteiger partial charge in [0.25, 0.3) is 0 Å². The van der Waals surface area contributed by atoms with Crippen molar-refractivity contribution in [3.63, 3.8) is 0 Å². The molecule has 2 N–H and O–H groups in total. The number of nitrogens with two attached hydrogens (primary N) is 1. The molecule has 1 aromatic rings. The molecule has 1 atom stereocenters. The number of carbonyl (C=O) groups excluding carboxylic acids is 1. The van der Waals surface area contributed by atoms with Gasteiger partial charge >= 0.3 is 5.97 Å². The maximum absolute atomic E-state index is 11.0. The lowest BCUT2D eigenvalue weighted by Gasteiger charge is -2.05. The largest absolute Gasteiger partial charge is 0.425 e. The first-order chi connectivity index (χ1) is 6.09. The third-order valence-corrected chi connectivity index (χ3v) is 2.12. The lowest BCUT2D eigenvalue weighted by atomic mass is 10.3. The molecule has 1 aromatic carbocycles. The molecular formula is C9H11ClINO2. The Labute approximate surface area is 103 Å². The van der Waals surface area contributed by atoms with Gasteiger partial charge in [0.05, 0.1) is 0 Å². The standard InChI is InChI=1S/C9H10INO2.ClH/c1-6(11)9(12)13-8-4-2-7(10)3-5-8;/h2-6H,11H2,1H3;1H/t6-;/m0./s1. The van der Waals surface area contributed by atoms with Gasteiger partial charge < -0.3 is 10.5 Å². The molecule has 0 saturated carbocycles. The number of carbonyl (C=O) groups is 1. The summed E-state index contributed by atoms with van der Waals surface area (Å²) in [5.41, 5.74) is 5.34. The van der Waals surface area contributed by atoms with Crippen LogP contribution in [-0.4, -0.2) is 12.0 Å². The van der Waals surface area contributed by atoms with E-state index in [0.29, 0.717) is 5.75 Å². The van der Waals surface area contributed by atoms with Crippen LogP contribution in [0.1, 0.15) is 6.92 Å². The van der Waals surface area contributed by atoms with Gasteiger partial charge in [-0.3, -0.25) is 0 Å². The highest BCUT2D eigenvalue weighted by molar-refractivity contribution is 14.1. The summed E-state index contributed by atoms with van der Waals surface area (Å²) in [4.78, 5) is 11.0. The van der Waals surface area contributed by atoms with Crippen LogP contribution in [0, 0.1) is 3.57 Å². The summed E-state index contributed by atoms with van der Waals surface area (Å²) < 4.78 is 6.06. The van der Waals surface area contributed by atoms with Crippen molar-refractivity contribution in [3.8, 4) is 5.75 Å². The fraction of sp³-hybridized carbons (Fsp3) is 0.222. The van der Waals surface area contributed by atoms with E-state index >= 15 is 0 Å². The Hall–Kier alpha value is -0.330. The maximum atomic E-state index is 11.0. The molecule has 0 aromatic heterocycles. The van der Waals surface area contributed by atoms with Crippen molar-refractivity contribution in [1.82, 2.24) is 0 Å². The molecule has 0 heterocycles. The van der Waals surface area contributed by atoms with Gasteiger partial charge in [-0.15, -0.1) is 12.4 Å². The van der Waals surface area contributed by atoms with Gasteiger partial charge in [-0.2, -0.15) is 0 Å². The molecule has 0 unspecified atom stereocenters. The van der Waals surface area contributed by atoms with Crippen molar-refractivity contribution >= 4 is 41.0 Å². The van der Waals surface area contributed by atoms with E-state index in [1.807, 2.05) is 12.1 Å². The first-order valence-corrected chi connectivity index (χ1v) is 4.90. The molecule has 0 amide bonds. The van der Waals surface area contributed by atoms with Gasteiger partial charge in [-0.05, 0) is 53.8 Å². The Bertz CT molecular complexity index is 300. The molecule has 0 radical (unpaired) electrons. The van der Waals surface area contributed by atoms with Crippen molar-refractivity contribution in [2.75, 3.05) is 0 Å². The van der Waals surface area contributed by atoms with Crippen LogP contribution in [0.4, 0.5) is 0 Å². The topological polar surface area (TPSA) is 52.3 Å². The molecule has 14 heavy (non-hydrogen) atoms. The number of rotatable bonds is 2. The number of hydrogen-bond donors (Lipinski definition) is 1. The molecule has 0 aliphatic rings. The van der Waals surface area contributed by atoms with Crippen molar-refractivity contribution in [3.05, 3.63) is 27.8 Å². The summed E-state index contributed by atoms with van der Waals surface area (Å²) in [6.07, 6.45) is 0. The van der Waals surface area contributed by atoms with Gasteiger partial charge in [-0.25, -0.2) is 4.79 Å². The summed E-state index contributed by atoms with van der Waals surface area (Å²) in [6.45, 7) is 1.59. The lowest BCUT2D eigenvalue weighted by Crippen LogP contribution is -2.30. The average molecular weight is 328 g/mol. The minimum absolute atomic E-state index is 0. The summed E-state index contributed by atoms with van der Waals surface area (Å²) in [6, 6.07) is 6.62. The summed E-state index contributed by atoms with van der Waals surface area (Å²) in [5.74, 6) is 0.115.